The van der Waals surface area contributed by atoms with Crippen molar-refractivity contribution in [1.82, 2.24) is 9.97 Å². The third kappa shape index (κ3) is 3.24. The van der Waals surface area contributed by atoms with Crippen molar-refractivity contribution in [2.24, 2.45) is 0 Å². The van der Waals surface area contributed by atoms with Gasteiger partial charge in [-0.25, -0.2) is 9.97 Å². The lowest BCUT2D eigenvalue weighted by Crippen LogP contribution is -2.14. The summed E-state index contributed by atoms with van der Waals surface area (Å²) in [4.78, 5) is 20.2. The zero-order chi connectivity index (χ0) is 15.7. The number of anilines is 1. The average molecular weight is 307 g/mol. The molecule has 1 aromatic carbocycles. The second-order valence-electron chi connectivity index (χ2n) is 5.14. The monoisotopic (exact) mass is 307 g/mol. The summed E-state index contributed by atoms with van der Waals surface area (Å²) >= 11 is 0. The van der Waals surface area contributed by atoms with E-state index in [-0.39, 0.29) is 11.3 Å². The Labute approximate surface area is 124 Å². The van der Waals surface area contributed by atoms with Crippen molar-refractivity contribution in [2.75, 3.05) is 5.32 Å². The molecular formula is C15H12F3N3O. The van der Waals surface area contributed by atoms with Crippen LogP contribution in [0.5, 0.6) is 0 Å². The van der Waals surface area contributed by atoms with E-state index in [1.54, 1.807) is 0 Å². The molecule has 7 heteroatoms. The van der Waals surface area contributed by atoms with Gasteiger partial charge in [0.2, 0.25) is 0 Å². The largest absolute Gasteiger partial charge is 0.416 e. The molecule has 0 saturated heterocycles. The van der Waals surface area contributed by atoms with Crippen LogP contribution in [0.1, 0.15) is 40.5 Å². The van der Waals surface area contributed by atoms with Crippen molar-refractivity contribution in [2.45, 2.75) is 24.9 Å². The predicted octanol–water partition coefficient (Wildman–Crippen LogP) is 3.63. The fourth-order valence-electron chi connectivity index (χ4n) is 1.98. The van der Waals surface area contributed by atoms with Gasteiger partial charge in [-0.3, -0.25) is 4.79 Å². The highest BCUT2D eigenvalue weighted by Crippen LogP contribution is 2.37. The molecule has 0 bridgehead atoms. The van der Waals surface area contributed by atoms with Gasteiger partial charge in [0.25, 0.3) is 5.91 Å². The van der Waals surface area contributed by atoms with Crippen molar-refractivity contribution < 1.29 is 18.0 Å². The van der Waals surface area contributed by atoms with E-state index in [0.717, 1.165) is 25.0 Å². The summed E-state index contributed by atoms with van der Waals surface area (Å²) in [5, 5.41) is 2.42. The van der Waals surface area contributed by atoms with Crippen LogP contribution in [0.15, 0.2) is 36.7 Å². The van der Waals surface area contributed by atoms with Gasteiger partial charge in [-0.05, 0) is 31.0 Å². The normalized spacial score (nSPS) is 14.7. The Bertz CT molecular complexity index is 694. The van der Waals surface area contributed by atoms with E-state index in [2.05, 4.69) is 15.3 Å². The molecule has 22 heavy (non-hydrogen) atoms. The maximum atomic E-state index is 12.6. The first-order chi connectivity index (χ1) is 10.4. The number of hydrogen-bond donors (Lipinski definition) is 1. The van der Waals surface area contributed by atoms with E-state index in [4.69, 9.17) is 0 Å². The Morgan fingerprint density at radius 3 is 2.45 bits per heavy atom. The predicted molar refractivity (Wildman–Crippen MR) is 73.4 cm³/mol. The van der Waals surface area contributed by atoms with Crippen LogP contribution < -0.4 is 5.32 Å². The summed E-state index contributed by atoms with van der Waals surface area (Å²) < 4.78 is 37.9. The van der Waals surface area contributed by atoms with Crippen molar-refractivity contribution in [3.63, 3.8) is 0 Å². The van der Waals surface area contributed by atoms with E-state index in [1.165, 1.54) is 24.5 Å². The van der Waals surface area contributed by atoms with Crippen LogP contribution >= 0.6 is 0 Å². The van der Waals surface area contributed by atoms with Gasteiger partial charge in [0.05, 0.1) is 11.1 Å². The molecule has 3 rings (SSSR count). The van der Waals surface area contributed by atoms with Crippen LogP contribution in [-0.4, -0.2) is 15.9 Å². The zero-order valence-electron chi connectivity index (χ0n) is 11.4. The van der Waals surface area contributed by atoms with E-state index >= 15 is 0 Å². The molecule has 0 radical (unpaired) electrons. The Morgan fingerprint density at radius 2 is 1.86 bits per heavy atom. The molecule has 4 nitrogen and oxygen atoms in total. The van der Waals surface area contributed by atoms with Gasteiger partial charge >= 0.3 is 6.18 Å². The highest BCUT2D eigenvalue weighted by Gasteiger charge is 2.30. The van der Waals surface area contributed by atoms with E-state index in [0.29, 0.717) is 11.7 Å². The van der Waals surface area contributed by atoms with Crippen LogP contribution in [0, 0.1) is 0 Å². The van der Waals surface area contributed by atoms with Gasteiger partial charge in [0.1, 0.15) is 5.82 Å². The highest BCUT2D eigenvalue weighted by molar-refractivity contribution is 6.03. The van der Waals surface area contributed by atoms with Gasteiger partial charge in [-0.2, -0.15) is 13.2 Å². The number of amides is 1. The standard InChI is InChI=1S/C15H12F3N3O/c16-15(17,18)11-2-1-3-12(6-11)21-14(22)10-7-19-13(20-8-10)9-4-5-9/h1-3,6-9H,4-5H2,(H,21,22). The lowest BCUT2D eigenvalue weighted by molar-refractivity contribution is -0.137. The van der Waals surface area contributed by atoms with Gasteiger partial charge in [0, 0.05) is 24.0 Å². The Kier molecular flexibility index (Phi) is 3.56. The molecule has 0 atom stereocenters. The molecule has 0 unspecified atom stereocenters. The van der Waals surface area contributed by atoms with Crippen LogP contribution in [0.2, 0.25) is 0 Å². The number of carbonyl (C=O) groups excluding carboxylic acids is 1. The quantitative estimate of drug-likeness (QED) is 0.942. The summed E-state index contributed by atoms with van der Waals surface area (Å²) in [7, 11) is 0. The molecule has 1 saturated carbocycles. The van der Waals surface area contributed by atoms with Crippen LogP contribution in [0.4, 0.5) is 18.9 Å². The molecule has 114 valence electrons. The molecular weight excluding hydrogens is 295 g/mol. The first-order valence-corrected chi connectivity index (χ1v) is 6.74. The molecule has 0 aliphatic heterocycles. The first kappa shape index (κ1) is 14.5. The minimum atomic E-state index is -4.45. The molecule has 2 aromatic rings. The topological polar surface area (TPSA) is 54.9 Å². The first-order valence-electron chi connectivity index (χ1n) is 6.74. The second kappa shape index (κ2) is 5.40. The maximum Gasteiger partial charge on any atom is 0.416 e. The van der Waals surface area contributed by atoms with Crippen molar-refractivity contribution >= 4 is 11.6 Å². The molecule has 1 N–H and O–H groups in total. The van der Waals surface area contributed by atoms with Crippen LogP contribution in [0.25, 0.3) is 0 Å². The summed E-state index contributed by atoms with van der Waals surface area (Å²) in [6, 6.07) is 4.47. The zero-order valence-corrected chi connectivity index (χ0v) is 11.4. The molecule has 1 amide bonds. The highest BCUT2D eigenvalue weighted by atomic mass is 19.4. The van der Waals surface area contributed by atoms with Gasteiger partial charge in [-0.1, -0.05) is 6.07 Å². The fraction of sp³-hybridized carbons (Fsp3) is 0.267. The smallest absolute Gasteiger partial charge is 0.322 e. The van der Waals surface area contributed by atoms with Crippen molar-refractivity contribution in [1.29, 1.82) is 0 Å². The number of alkyl halides is 3. The van der Waals surface area contributed by atoms with Gasteiger partial charge < -0.3 is 5.32 Å². The molecule has 1 heterocycles. The minimum Gasteiger partial charge on any atom is -0.322 e. The third-order valence-electron chi connectivity index (χ3n) is 3.32. The molecule has 1 aliphatic carbocycles. The van der Waals surface area contributed by atoms with Crippen molar-refractivity contribution in [3.05, 3.63) is 53.6 Å². The van der Waals surface area contributed by atoms with Gasteiger partial charge in [-0.15, -0.1) is 0 Å². The molecule has 1 aromatic heterocycles. The third-order valence-corrected chi connectivity index (χ3v) is 3.32. The SMILES string of the molecule is O=C(Nc1cccc(C(F)(F)F)c1)c1cnc(C2CC2)nc1. The number of benzene rings is 1. The summed E-state index contributed by atoms with van der Waals surface area (Å²) in [6.45, 7) is 0. The number of nitrogens with zero attached hydrogens (tertiary/aromatic N) is 2. The van der Waals surface area contributed by atoms with E-state index in [9.17, 15) is 18.0 Å². The Balaban J connectivity index is 1.73. The maximum absolute atomic E-state index is 12.6. The lowest BCUT2D eigenvalue weighted by Gasteiger charge is -2.09. The van der Waals surface area contributed by atoms with Crippen molar-refractivity contribution in [3.8, 4) is 0 Å². The number of halogens is 3. The summed E-state index contributed by atoms with van der Waals surface area (Å²) in [5.74, 6) is 0.540. The van der Waals surface area contributed by atoms with E-state index in [1.807, 2.05) is 0 Å². The molecule has 1 fully saturated rings. The number of rotatable bonds is 3. The number of hydrogen-bond acceptors (Lipinski definition) is 3. The summed E-state index contributed by atoms with van der Waals surface area (Å²) in [6.07, 6.45) is 0.439. The lowest BCUT2D eigenvalue weighted by atomic mass is 10.2. The van der Waals surface area contributed by atoms with Crippen LogP contribution in [0.3, 0.4) is 0 Å². The number of nitrogens with one attached hydrogen (secondary N) is 1. The molecule has 0 spiro atoms. The average Bonchev–Trinajstić information content (AvgIpc) is 3.31. The summed E-state index contributed by atoms with van der Waals surface area (Å²) in [5.41, 5.74) is -0.529. The van der Waals surface area contributed by atoms with Crippen LogP contribution in [-0.2, 0) is 6.18 Å². The minimum absolute atomic E-state index is 0.0751. The van der Waals surface area contributed by atoms with Gasteiger partial charge in [0.15, 0.2) is 0 Å². The molecule has 1 aliphatic rings. The number of carbonyl (C=O) groups is 1. The Hall–Kier alpha value is -2.44. The second-order valence-corrected chi connectivity index (χ2v) is 5.14. The van der Waals surface area contributed by atoms with E-state index < -0.39 is 17.6 Å². The number of aromatic nitrogens is 2. The fourth-order valence-corrected chi connectivity index (χ4v) is 1.98. The Morgan fingerprint density at radius 1 is 1.18 bits per heavy atom.